The number of esters is 1. The average molecular weight is 450 g/mol. The third kappa shape index (κ3) is 11.9. The number of carbonyl (C=O) groups is 4. The molecule has 1 rings (SSSR count). The zero-order valence-electron chi connectivity index (χ0n) is 19.4. The van der Waals surface area contributed by atoms with Gasteiger partial charge in [0, 0.05) is 18.5 Å². The molecular formula is C23H35N3O6. The summed E-state index contributed by atoms with van der Waals surface area (Å²) in [5, 5.41) is 5.28. The van der Waals surface area contributed by atoms with Gasteiger partial charge in [-0.3, -0.25) is 14.4 Å². The second-order valence-corrected chi connectivity index (χ2v) is 8.53. The molecule has 0 fully saturated rings. The van der Waals surface area contributed by atoms with Crippen molar-refractivity contribution in [1.29, 1.82) is 0 Å². The Morgan fingerprint density at radius 3 is 2.41 bits per heavy atom. The predicted molar refractivity (Wildman–Crippen MR) is 121 cm³/mol. The van der Waals surface area contributed by atoms with Gasteiger partial charge in [0.05, 0.1) is 7.11 Å². The summed E-state index contributed by atoms with van der Waals surface area (Å²) in [5.41, 5.74) is 6.09. The van der Waals surface area contributed by atoms with Crippen LogP contribution in [0.15, 0.2) is 24.3 Å². The highest BCUT2D eigenvalue weighted by atomic mass is 16.6. The molecule has 0 aliphatic heterocycles. The molecule has 0 spiro atoms. The Bertz CT molecular complexity index is 788. The molecule has 1 aromatic carbocycles. The van der Waals surface area contributed by atoms with Crippen LogP contribution in [-0.2, 0) is 30.3 Å². The van der Waals surface area contributed by atoms with Crippen molar-refractivity contribution in [2.24, 2.45) is 5.73 Å². The fourth-order valence-corrected chi connectivity index (χ4v) is 2.92. The molecule has 0 bridgehead atoms. The highest BCUT2D eigenvalue weighted by molar-refractivity contribution is 5.96. The number of carbonyl (C=O) groups excluding carboxylic acids is 4. The second-order valence-electron chi connectivity index (χ2n) is 8.53. The van der Waals surface area contributed by atoms with Crippen LogP contribution in [0.2, 0.25) is 0 Å². The number of methoxy groups -OCH3 is 1. The van der Waals surface area contributed by atoms with Gasteiger partial charge >= 0.3 is 12.1 Å². The van der Waals surface area contributed by atoms with E-state index in [0.29, 0.717) is 12.1 Å². The Morgan fingerprint density at radius 1 is 1.06 bits per heavy atom. The first kappa shape index (κ1) is 26.9. The van der Waals surface area contributed by atoms with E-state index in [1.807, 2.05) is 18.2 Å². The topological polar surface area (TPSA) is 137 Å². The minimum absolute atomic E-state index is 0.0558. The molecule has 1 aromatic rings. The number of hydrogen-bond donors (Lipinski definition) is 3. The van der Waals surface area contributed by atoms with Crippen LogP contribution >= 0.6 is 0 Å². The summed E-state index contributed by atoms with van der Waals surface area (Å²) in [6.07, 6.45) is 3.01. The maximum absolute atomic E-state index is 12.8. The quantitative estimate of drug-likeness (QED) is 0.331. The summed E-state index contributed by atoms with van der Waals surface area (Å²) in [5.74, 6) is -1.24. The monoisotopic (exact) mass is 449 g/mol. The molecule has 0 aromatic heterocycles. The number of alkyl carbamates (subject to hydrolysis) is 1. The van der Waals surface area contributed by atoms with E-state index < -0.39 is 29.6 Å². The molecule has 32 heavy (non-hydrogen) atoms. The summed E-state index contributed by atoms with van der Waals surface area (Å²) in [6.45, 7) is 5.14. The van der Waals surface area contributed by atoms with Gasteiger partial charge in [-0.05, 0) is 64.2 Å². The summed E-state index contributed by atoms with van der Waals surface area (Å²) in [6, 6.07) is 6.42. The lowest BCUT2D eigenvalue weighted by Gasteiger charge is -2.23. The van der Waals surface area contributed by atoms with Crippen LogP contribution in [0.5, 0.6) is 0 Å². The summed E-state index contributed by atoms with van der Waals surface area (Å²) >= 11 is 0. The zero-order chi connectivity index (χ0) is 24.1. The number of hydrogen-bond acceptors (Lipinski definition) is 6. The van der Waals surface area contributed by atoms with Crippen LogP contribution < -0.4 is 16.4 Å². The number of anilines is 1. The van der Waals surface area contributed by atoms with Gasteiger partial charge in [-0.1, -0.05) is 18.6 Å². The molecule has 0 heterocycles. The average Bonchev–Trinajstić information content (AvgIpc) is 2.69. The van der Waals surface area contributed by atoms with Crippen molar-refractivity contribution in [1.82, 2.24) is 5.32 Å². The lowest BCUT2D eigenvalue weighted by Crippen LogP contribution is -2.46. The van der Waals surface area contributed by atoms with E-state index in [4.69, 9.17) is 10.5 Å². The normalized spacial score (nSPS) is 11.9. The van der Waals surface area contributed by atoms with Crippen LogP contribution in [-0.4, -0.2) is 42.6 Å². The molecule has 4 N–H and O–H groups in total. The number of nitrogens with one attached hydrogen (secondary N) is 2. The van der Waals surface area contributed by atoms with E-state index in [9.17, 15) is 19.2 Å². The fourth-order valence-electron chi connectivity index (χ4n) is 2.92. The van der Waals surface area contributed by atoms with E-state index in [1.54, 1.807) is 26.8 Å². The molecule has 9 heteroatoms. The van der Waals surface area contributed by atoms with Crippen LogP contribution in [0.4, 0.5) is 10.5 Å². The van der Waals surface area contributed by atoms with Crippen molar-refractivity contribution in [3.63, 3.8) is 0 Å². The van der Waals surface area contributed by atoms with Crippen molar-refractivity contribution >= 4 is 29.6 Å². The Labute approximate surface area is 189 Å². The molecule has 3 amide bonds. The van der Waals surface area contributed by atoms with Gasteiger partial charge in [0.25, 0.3) is 0 Å². The van der Waals surface area contributed by atoms with Gasteiger partial charge in [-0.15, -0.1) is 0 Å². The van der Waals surface area contributed by atoms with Crippen LogP contribution in [0.25, 0.3) is 0 Å². The van der Waals surface area contributed by atoms with Crippen LogP contribution in [0, 0.1) is 0 Å². The Hall–Kier alpha value is -3.10. The number of aryl methyl sites for hydroxylation is 1. The standard InChI is InChI=1S/C23H35N3O6/c1-23(2,3)32-22(30)26-18(13-14-19(24)27)21(29)25-17-11-8-10-16(15-17)9-6-5-7-12-20(28)31-4/h8,10-11,15,18H,5-7,9,12-14H2,1-4H3,(H2,24,27)(H,25,29)(H,26,30)/t18-/m0/s1. The first-order valence-corrected chi connectivity index (χ1v) is 10.7. The first-order chi connectivity index (χ1) is 15.0. The Kier molecular flexibility index (Phi) is 11.2. The van der Waals surface area contributed by atoms with E-state index in [0.717, 1.165) is 31.2 Å². The second kappa shape index (κ2) is 13.3. The molecule has 0 saturated heterocycles. The van der Waals surface area contributed by atoms with Crippen molar-refractivity contribution in [2.45, 2.75) is 77.4 Å². The molecule has 0 unspecified atom stereocenters. The van der Waals surface area contributed by atoms with Gasteiger partial charge in [-0.2, -0.15) is 0 Å². The van der Waals surface area contributed by atoms with Crippen molar-refractivity contribution in [3.05, 3.63) is 29.8 Å². The van der Waals surface area contributed by atoms with Crippen molar-refractivity contribution in [2.75, 3.05) is 12.4 Å². The summed E-state index contributed by atoms with van der Waals surface area (Å²) in [4.78, 5) is 47.2. The number of amides is 3. The lowest BCUT2D eigenvalue weighted by atomic mass is 10.1. The molecule has 0 aliphatic carbocycles. The number of primary amides is 1. The van der Waals surface area contributed by atoms with Crippen LogP contribution in [0.3, 0.4) is 0 Å². The lowest BCUT2D eigenvalue weighted by molar-refractivity contribution is -0.140. The Morgan fingerprint density at radius 2 is 1.78 bits per heavy atom. The first-order valence-electron chi connectivity index (χ1n) is 10.7. The molecule has 0 saturated carbocycles. The third-order valence-corrected chi connectivity index (χ3v) is 4.46. The highest BCUT2D eigenvalue weighted by Gasteiger charge is 2.25. The predicted octanol–water partition coefficient (Wildman–Crippen LogP) is 3.06. The number of unbranched alkanes of at least 4 members (excludes halogenated alkanes) is 2. The van der Waals surface area contributed by atoms with Gasteiger partial charge < -0.3 is 25.8 Å². The maximum Gasteiger partial charge on any atom is 0.408 e. The molecule has 9 nitrogen and oxygen atoms in total. The number of nitrogens with two attached hydrogens (primary N) is 1. The van der Waals surface area contributed by atoms with Crippen LogP contribution in [0.1, 0.15) is 64.9 Å². The molecule has 1 atom stereocenters. The maximum atomic E-state index is 12.8. The molecule has 178 valence electrons. The Balaban J connectivity index is 2.67. The number of rotatable bonds is 12. The largest absolute Gasteiger partial charge is 0.469 e. The molecule has 0 radical (unpaired) electrons. The minimum Gasteiger partial charge on any atom is -0.469 e. The van der Waals surface area contributed by atoms with Gasteiger partial charge in [-0.25, -0.2) is 4.79 Å². The molecular weight excluding hydrogens is 414 g/mol. The number of ether oxygens (including phenoxy) is 2. The van der Waals surface area contributed by atoms with E-state index >= 15 is 0 Å². The van der Waals surface area contributed by atoms with Gasteiger partial charge in [0.2, 0.25) is 11.8 Å². The van der Waals surface area contributed by atoms with Crippen molar-refractivity contribution in [3.8, 4) is 0 Å². The smallest absolute Gasteiger partial charge is 0.408 e. The minimum atomic E-state index is -0.973. The molecule has 0 aliphatic rings. The zero-order valence-corrected chi connectivity index (χ0v) is 19.4. The fraction of sp³-hybridized carbons (Fsp3) is 0.565. The van der Waals surface area contributed by atoms with Crippen molar-refractivity contribution < 1.29 is 28.7 Å². The van der Waals surface area contributed by atoms with E-state index in [-0.39, 0.29) is 18.8 Å². The van der Waals surface area contributed by atoms with E-state index in [1.165, 1.54) is 7.11 Å². The summed E-state index contributed by atoms with van der Waals surface area (Å²) in [7, 11) is 1.38. The van der Waals surface area contributed by atoms with Gasteiger partial charge in [0.1, 0.15) is 11.6 Å². The van der Waals surface area contributed by atoms with Gasteiger partial charge in [0.15, 0.2) is 0 Å². The summed E-state index contributed by atoms with van der Waals surface area (Å²) < 4.78 is 9.83. The number of benzene rings is 1. The highest BCUT2D eigenvalue weighted by Crippen LogP contribution is 2.15. The SMILES string of the molecule is COC(=O)CCCCCc1cccc(NC(=O)[C@H](CCC(N)=O)NC(=O)OC(C)(C)C)c1. The third-order valence-electron chi connectivity index (χ3n) is 4.46. The van der Waals surface area contributed by atoms with E-state index in [2.05, 4.69) is 15.4 Å².